The van der Waals surface area contributed by atoms with E-state index in [9.17, 15) is 5.11 Å². The number of aryl methyl sites for hydroxylation is 1. The molecule has 0 aromatic heterocycles. The lowest BCUT2D eigenvalue weighted by Crippen LogP contribution is -2.28. The van der Waals surface area contributed by atoms with Gasteiger partial charge >= 0.3 is 0 Å². The Morgan fingerprint density at radius 3 is 2.46 bits per heavy atom. The van der Waals surface area contributed by atoms with Gasteiger partial charge in [-0.25, -0.2) is 0 Å². The molecule has 0 fully saturated rings. The number of rotatable bonds is 8. The van der Waals surface area contributed by atoms with Crippen LogP contribution in [-0.2, 0) is 6.42 Å². The molecule has 6 nitrogen and oxygen atoms in total. The van der Waals surface area contributed by atoms with Crippen LogP contribution in [0.1, 0.15) is 25.3 Å². The Labute approximate surface area is 142 Å². The van der Waals surface area contributed by atoms with Crippen molar-refractivity contribution in [2.75, 3.05) is 29.1 Å². The minimum atomic E-state index is -0.417. The quantitative estimate of drug-likeness (QED) is 0.375. The zero-order valence-electron chi connectivity index (χ0n) is 14.0. The van der Waals surface area contributed by atoms with Crippen molar-refractivity contribution in [2.45, 2.75) is 32.4 Å². The number of nitrogens with one attached hydrogen (secondary N) is 1. The monoisotopic (exact) mass is 330 g/mol. The van der Waals surface area contributed by atoms with Gasteiger partial charge in [-0.2, -0.15) is 0 Å². The van der Waals surface area contributed by atoms with Crippen molar-refractivity contribution < 1.29 is 9.84 Å². The molecule has 2 aromatic carbocycles. The van der Waals surface area contributed by atoms with Crippen LogP contribution in [0.5, 0.6) is 5.75 Å². The van der Waals surface area contributed by atoms with E-state index >= 15 is 0 Å². The first-order chi connectivity index (χ1) is 11.5. The van der Waals surface area contributed by atoms with Crippen molar-refractivity contribution in [1.82, 2.24) is 0 Å². The fourth-order valence-electron chi connectivity index (χ4n) is 2.51. The smallest absolute Gasteiger partial charge is 0.172 e. The summed E-state index contributed by atoms with van der Waals surface area (Å²) in [5, 5.41) is 12.7. The Hall–Kier alpha value is -2.60. The van der Waals surface area contributed by atoms with Gasteiger partial charge in [0.1, 0.15) is 5.75 Å². The molecule has 0 radical (unpaired) electrons. The molecule has 0 aliphatic carbocycles. The average molecular weight is 330 g/mol. The fraction of sp³-hybridized carbons (Fsp3) is 0.333. The third-order valence-corrected chi connectivity index (χ3v) is 3.66. The molecule has 0 spiro atoms. The summed E-state index contributed by atoms with van der Waals surface area (Å²) in [6, 6.07) is 10.8. The summed E-state index contributed by atoms with van der Waals surface area (Å²) in [6.07, 6.45) is 1.91. The molecular formula is C18H26N4O2. The second kappa shape index (κ2) is 8.31. The van der Waals surface area contributed by atoms with Crippen LogP contribution in [0.3, 0.4) is 0 Å². The number of aliphatic hydroxyl groups excluding tert-OH is 1. The van der Waals surface area contributed by atoms with Crippen LogP contribution in [-0.4, -0.2) is 17.9 Å². The number of benzene rings is 2. The van der Waals surface area contributed by atoms with Crippen molar-refractivity contribution in [3.63, 3.8) is 0 Å². The highest BCUT2D eigenvalue weighted by atomic mass is 16.5. The molecule has 1 atom stereocenters. The van der Waals surface area contributed by atoms with Gasteiger partial charge in [0.15, 0.2) is 6.23 Å². The lowest BCUT2D eigenvalue weighted by Gasteiger charge is -2.23. The number of ether oxygens (including phenoxy) is 1. The number of nitrogen functional groups attached to an aromatic ring is 3. The Bertz CT molecular complexity index is 676. The normalized spacial score (nSPS) is 11.9. The maximum atomic E-state index is 9.33. The van der Waals surface area contributed by atoms with Crippen LogP contribution in [0, 0.1) is 0 Å². The Morgan fingerprint density at radius 1 is 1.08 bits per heavy atom. The van der Waals surface area contributed by atoms with Gasteiger partial charge in [-0.3, -0.25) is 0 Å². The topological polar surface area (TPSA) is 120 Å². The molecule has 0 saturated heterocycles. The van der Waals surface area contributed by atoms with E-state index in [-0.39, 0.29) is 6.61 Å². The van der Waals surface area contributed by atoms with Crippen molar-refractivity contribution in [2.24, 2.45) is 0 Å². The predicted molar refractivity (Wildman–Crippen MR) is 99.9 cm³/mol. The van der Waals surface area contributed by atoms with Gasteiger partial charge in [0.2, 0.25) is 0 Å². The highest BCUT2D eigenvalue weighted by Crippen LogP contribution is 2.27. The molecule has 6 heteroatoms. The van der Waals surface area contributed by atoms with Crippen LogP contribution in [0.4, 0.5) is 22.7 Å². The van der Waals surface area contributed by atoms with Crippen LogP contribution in [0.25, 0.3) is 0 Å². The van der Waals surface area contributed by atoms with Gasteiger partial charge in [-0.15, -0.1) is 0 Å². The Morgan fingerprint density at radius 2 is 1.79 bits per heavy atom. The van der Waals surface area contributed by atoms with E-state index in [4.69, 9.17) is 21.9 Å². The highest BCUT2D eigenvalue weighted by Gasteiger charge is 2.14. The van der Waals surface area contributed by atoms with Crippen molar-refractivity contribution in [3.8, 4) is 5.75 Å². The maximum absolute atomic E-state index is 9.33. The van der Waals surface area contributed by atoms with Gasteiger partial charge in [-0.1, -0.05) is 13.3 Å². The zero-order chi connectivity index (χ0) is 17.5. The van der Waals surface area contributed by atoms with E-state index in [1.807, 2.05) is 18.2 Å². The van der Waals surface area contributed by atoms with Crippen LogP contribution >= 0.6 is 0 Å². The number of aliphatic hydroxyl groups is 1. The largest absolute Gasteiger partial charge is 0.468 e. The molecule has 0 amide bonds. The average Bonchev–Trinajstić information content (AvgIpc) is 2.53. The van der Waals surface area contributed by atoms with Gasteiger partial charge in [0.25, 0.3) is 0 Å². The lowest BCUT2D eigenvalue weighted by molar-refractivity contribution is 0.176. The first-order valence-corrected chi connectivity index (χ1v) is 8.11. The highest BCUT2D eigenvalue weighted by molar-refractivity contribution is 5.61. The molecule has 0 saturated carbocycles. The SMILES string of the molecule is CCCc1cc(N)ccc1NC(CCO)Oc1ccc(N)cc1N. The van der Waals surface area contributed by atoms with Crippen LogP contribution < -0.4 is 27.3 Å². The zero-order valence-corrected chi connectivity index (χ0v) is 14.0. The summed E-state index contributed by atoms with van der Waals surface area (Å²) in [5.74, 6) is 0.530. The van der Waals surface area contributed by atoms with E-state index in [2.05, 4.69) is 12.2 Å². The molecule has 0 aliphatic heterocycles. The number of hydrogen-bond donors (Lipinski definition) is 5. The minimum Gasteiger partial charge on any atom is -0.468 e. The van der Waals surface area contributed by atoms with E-state index < -0.39 is 6.23 Å². The van der Waals surface area contributed by atoms with Gasteiger partial charge in [-0.05, 0) is 48.4 Å². The minimum absolute atomic E-state index is 0.00930. The van der Waals surface area contributed by atoms with E-state index in [1.54, 1.807) is 18.2 Å². The number of anilines is 4. The molecule has 2 aromatic rings. The third kappa shape index (κ3) is 4.70. The first-order valence-electron chi connectivity index (χ1n) is 8.11. The van der Waals surface area contributed by atoms with Gasteiger partial charge < -0.3 is 32.4 Å². The lowest BCUT2D eigenvalue weighted by atomic mass is 10.1. The second-order valence-electron chi connectivity index (χ2n) is 5.73. The molecule has 8 N–H and O–H groups in total. The summed E-state index contributed by atoms with van der Waals surface area (Å²) in [7, 11) is 0. The van der Waals surface area contributed by atoms with Crippen LogP contribution in [0.15, 0.2) is 36.4 Å². The Balaban J connectivity index is 2.19. The van der Waals surface area contributed by atoms with Crippen LogP contribution in [0.2, 0.25) is 0 Å². The molecule has 2 rings (SSSR count). The van der Waals surface area contributed by atoms with Gasteiger partial charge in [0.05, 0.1) is 5.69 Å². The molecule has 0 bridgehead atoms. The predicted octanol–water partition coefficient (Wildman–Crippen LogP) is 2.59. The molecule has 1 unspecified atom stereocenters. The number of hydrogen-bond acceptors (Lipinski definition) is 6. The summed E-state index contributed by atoms with van der Waals surface area (Å²) in [5.41, 5.74) is 21.4. The van der Waals surface area contributed by atoms with Gasteiger partial charge in [0, 0.05) is 30.1 Å². The molecular weight excluding hydrogens is 304 g/mol. The molecule has 24 heavy (non-hydrogen) atoms. The first kappa shape index (κ1) is 17.7. The Kier molecular flexibility index (Phi) is 6.14. The van der Waals surface area contributed by atoms with Crippen molar-refractivity contribution in [1.29, 1.82) is 0 Å². The summed E-state index contributed by atoms with van der Waals surface area (Å²) in [4.78, 5) is 0. The fourth-order valence-corrected chi connectivity index (χ4v) is 2.51. The van der Waals surface area contributed by atoms with E-state index in [0.29, 0.717) is 23.5 Å². The van der Waals surface area contributed by atoms with Crippen molar-refractivity contribution >= 4 is 22.7 Å². The molecule has 0 aliphatic rings. The number of nitrogens with two attached hydrogens (primary N) is 3. The third-order valence-electron chi connectivity index (χ3n) is 3.66. The summed E-state index contributed by atoms with van der Waals surface area (Å²) >= 11 is 0. The summed E-state index contributed by atoms with van der Waals surface area (Å²) < 4.78 is 5.93. The van der Waals surface area contributed by atoms with Crippen molar-refractivity contribution in [3.05, 3.63) is 42.0 Å². The second-order valence-corrected chi connectivity index (χ2v) is 5.73. The van der Waals surface area contributed by atoms with E-state index in [1.165, 1.54) is 0 Å². The standard InChI is InChI=1S/C18H26N4O2/c1-2-3-12-10-13(19)4-6-16(12)22-18(8-9-23)24-17-7-5-14(20)11-15(17)21/h4-7,10-11,18,22-23H,2-3,8-9,19-21H2,1H3. The maximum Gasteiger partial charge on any atom is 0.172 e. The summed E-state index contributed by atoms with van der Waals surface area (Å²) in [6.45, 7) is 2.11. The van der Waals surface area contributed by atoms with E-state index in [0.717, 1.165) is 29.8 Å². The molecule has 130 valence electrons. The molecule has 0 heterocycles.